The summed E-state index contributed by atoms with van der Waals surface area (Å²) in [4.78, 5) is 23.3. The Balaban J connectivity index is 2.39. The van der Waals surface area contributed by atoms with E-state index in [2.05, 4.69) is 33.5 Å². The first-order valence-electron chi connectivity index (χ1n) is 7.41. The van der Waals surface area contributed by atoms with Gasteiger partial charge in [0.1, 0.15) is 6.54 Å². The van der Waals surface area contributed by atoms with Gasteiger partial charge in [-0.2, -0.15) is 0 Å². The highest BCUT2D eigenvalue weighted by Crippen LogP contribution is 2.24. The predicted octanol–water partition coefficient (Wildman–Crippen LogP) is 3.92. The van der Waals surface area contributed by atoms with Crippen molar-refractivity contribution in [1.29, 1.82) is 0 Å². The maximum Gasteiger partial charge on any atom is 0.325 e. The van der Waals surface area contributed by atoms with Gasteiger partial charge in [-0.25, -0.2) is 4.79 Å². The number of carbonyl (C=O) groups excluding carboxylic acids is 2. The maximum absolute atomic E-state index is 11.8. The molecule has 0 saturated carbocycles. The smallest absolute Gasteiger partial charge is 0.325 e. The first-order chi connectivity index (χ1) is 10.4. The SMILES string of the molecule is CCCCCOC(=O)CNC(=O)Nc1c(C)cc(Br)cc1C. The van der Waals surface area contributed by atoms with Crippen molar-refractivity contribution < 1.29 is 14.3 Å². The largest absolute Gasteiger partial charge is 0.464 e. The molecule has 6 heteroatoms. The highest BCUT2D eigenvalue weighted by atomic mass is 79.9. The van der Waals surface area contributed by atoms with Crippen molar-refractivity contribution in [2.75, 3.05) is 18.5 Å². The van der Waals surface area contributed by atoms with E-state index in [-0.39, 0.29) is 6.54 Å². The molecule has 0 aliphatic carbocycles. The van der Waals surface area contributed by atoms with Crippen molar-refractivity contribution in [3.63, 3.8) is 0 Å². The van der Waals surface area contributed by atoms with Crippen molar-refractivity contribution in [3.05, 3.63) is 27.7 Å². The van der Waals surface area contributed by atoms with Gasteiger partial charge in [-0.15, -0.1) is 0 Å². The lowest BCUT2D eigenvalue weighted by Gasteiger charge is -2.13. The van der Waals surface area contributed by atoms with Crippen LogP contribution < -0.4 is 10.6 Å². The Hall–Kier alpha value is -1.56. The summed E-state index contributed by atoms with van der Waals surface area (Å²) in [5, 5.41) is 5.26. The number of carbonyl (C=O) groups is 2. The molecule has 0 bridgehead atoms. The molecule has 2 amide bonds. The van der Waals surface area contributed by atoms with Crippen LogP contribution in [0, 0.1) is 13.8 Å². The van der Waals surface area contributed by atoms with Crippen LogP contribution in [0.3, 0.4) is 0 Å². The molecule has 0 aromatic heterocycles. The van der Waals surface area contributed by atoms with Crippen molar-refractivity contribution in [1.82, 2.24) is 5.32 Å². The number of amides is 2. The monoisotopic (exact) mass is 370 g/mol. The molecule has 5 nitrogen and oxygen atoms in total. The van der Waals surface area contributed by atoms with Gasteiger partial charge in [-0.3, -0.25) is 4.79 Å². The summed E-state index contributed by atoms with van der Waals surface area (Å²) in [6.45, 7) is 6.18. The zero-order valence-electron chi connectivity index (χ0n) is 13.3. The second kappa shape index (κ2) is 9.46. The van der Waals surface area contributed by atoms with Crippen LogP contribution in [0.25, 0.3) is 0 Å². The Morgan fingerprint density at radius 3 is 2.41 bits per heavy atom. The molecule has 0 aliphatic rings. The van der Waals surface area contributed by atoms with E-state index in [1.807, 2.05) is 26.0 Å². The zero-order valence-corrected chi connectivity index (χ0v) is 14.9. The van der Waals surface area contributed by atoms with Gasteiger partial charge in [-0.1, -0.05) is 35.7 Å². The summed E-state index contributed by atoms with van der Waals surface area (Å²) < 4.78 is 5.98. The van der Waals surface area contributed by atoms with Crippen LogP contribution in [-0.4, -0.2) is 25.2 Å². The van der Waals surface area contributed by atoms with Gasteiger partial charge < -0.3 is 15.4 Å². The Morgan fingerprint density at radius 2 is 1.82 bits per heavy atom. The lowest BCUT2D eigenvalue weighted by molar-refractivity contribution is -0.142. The quantitative estimate of drug-likeness (QED) is 0.564. The fraction of sp³-hybridized carbons (Fsp3) is 0.500. The summed E-state index contributed by atoms with van der Waals surface area (Å²) in [5.74, 6) is -0.421. The number of aryl methyl sites for hydroxylation is 2. The molecule has 122 valence electrons. The Labute approximate surface area is 139 Å². The van der Waals surface area contributed by atoms with Crippen molar-refractivity contribution >= 4 is 33.6 Å². The van der Waals surface area contributed by atoms with E-state index in [0.29, 0.717) is 6.61 Å². The van der Waals surface area contributed by atoms with E-state index in [9.17, 15) is 9.59 Å². The van der Waals surface area contributed by atoms with Crippen molar-refractivity contribution in [3.8, 4) is 0 Å². The summed E-state index contributed by atoms with van der Waals surface area (Å²) >= 11 is 3.41. The van der Waals surface area contributed by atoms with Crippen LogP contribution in [0.2, 0.25) is 0 Å². The van der Waals surface area contributed by atoms with E-state index in [0.717, 1.165) is 40.5 Å². The first kappa shape index (κ1) is 18.5. The molecule has 0 heterocycles. The van der Waals surface area contributed by atoms with Gasteiger partial charge in [0.15, 0.2) is 0 Å². The van der Waals surface area contributed by atoms with E-state index in [1.165, 1.54) is 0 Å². The zero-order chi connectivity index (χ0) is 16.5. The molecule has 1 aromatic carbocycles. The summed E-state index contributed by atoms with van der Waals surface area (Å²) in [6, 6.07) is 3.42. The van der Waals surface area contributed by atoms with E-state index < -0.39 is 12.0 Å². The summed E-state index contributed by atoms with van der Waals surface area (Å²) in [7, 11) is 0. The minimum absolute atomic E-state index is 0.132. The topological polar surface area (TPSA) is 67.4 Å². The average molecular weight is 371 g/mol. The number of esters is 1. The number of rotatable bonds is 7. The number of benzene rings is 1. The molecule has 0 fully saturated rings. The predicted molar refractivity (Wildman–Crippen MR) is 91.1 cm³/mol. The van der Waals surface area contributed by atoms with Gasteiger partial charge in [0.25, 0.3) is 0 Å². The molecular formula is C16H23BrN2O3. The highest BCUT2D eigenvalue weighted by molar-refractivity contribution is 9.10. The first-order valence-corrected chi connectivity index (χ1v) is 8.20. The van der Waals surface area contributed by atoms with Crippen molar-refractivity contribution in [2.45, 2.75) is 40.0 Å². The van der Waals surface area contributed by atoms with Crippen LogP contribution in [0.4, 0.5) is 10.5 Å². The summed E-state index contributed by atoms with van der Waals surface area (Å²) in [6.07, 6.45) is 2.96. The van der Waals surface area contributed by atoms with Gasteiger partial charge in [0.05, 0.1) is 6.61 Å². The number of urea groups is 1. The molecule has 1 rings (SSSR count). The third kappa shape index (κ3) is 6.47. The third-order valence-corrected chi connectivity index (χ3v) is 3.60. The molecule has 22 heavy (non-hydrogen) atoms. The molecule has 0 unspecified atom stereocenters. The summed E-state index contributed by atoms with van der Waals surface area (Å²) in [5.41, 5.74) is 2.64. The maximum atomic E-state index is 11.8. The molecule has 0 spiro atoms. The average Bonchev–Trinajstić information content (AvgIpc) is 2.45. The van der Waals surface area contributed by atoms with Crippen LogP contribution in [0.1, 0.15) is 37.3 Å². The molecule has 1 aromatic rings. The minimum Gasteiger partial charge on any atom is -0.464 e. The number of hydrogen-bond donors (Lipinski definition) is 2. The van der Waals surface area contributed by atoms with E-state index in [4.69, 9.17) is 4.74 Å². The van der Waals surface area contributed by atoms with Gasteiger partial charge in [0.2, 0.25) is 0 Å². The van der Waals surface area contributed by atoms with E-state index in [1.54, 1.807) is 0 Å². The molecule has 0 radical (unpaired) electrons. The standard InChI is InChI=1S/C16H23BrN2O3/c1-4-5-6-7-22-14(20)10-18-16(21)19-15-11(2)8-13(17)9-12(15)3/h8-9H,4-7,10H2,1-3H3,(H2,18,19,21). The van der Waals surface area contributed by atoms with Crippen LogP contribution >= 0.6 is 15.9 Å². The highest BCUT2D eigenvalue weighted by Gasteiger charge is 2.10. The molecular weight excluding hydrogens is 348 g/mol. The van der Waals surface area contributed by atoms with Crippen LogP contribution in [0.5, 0.6) is 0 Å². The number of halogens is 1. The number of ether oxygens (including phenoxy) is 1. The number of nitrogens with one attached hydrogen (secondary N) is 2. The van der Waals surface area contributed by atoms with Gasteiger partial charge in [-0.05, 0) is 43.5 Å². The Morgan fingerprint density at radius 1 is 1.18 bits per heavy atom. The lowest BCUT2D eigenvalue weighted by atomic mass is 10.1. The Kier molecular flexibility index (Phi) is 7.95. The third-order valence-electron chi connectivity index (χ3n) is 3.14. The second-order valence-electron chi connectivity index (χ2n) is 5.15. The molecule has 0 atom stereocenters. The normalized spacial score (nSPS) is 10.2. The lowest BCUT2D eigenvalue weighted by Crippen LogP contribution is -2.34. The van der Waals surface area contributed by atoms with Gasteiger partial charge >= 0.3 is 12.0 Å². The minimum atomic E-state index is -0.421. The Bertz CT molecular complexity index is 509. The number of hydrogen-bond acceptors (Lipinski definition) is 3. The van der Waals surface area contributed by atoms with Gasteiger partial charge in [0, 0.05) is 10.2 Å². The van der Waals surface area contributed by atoms with Crippen LogP contribution in [0.15, 0.2) is 16.6 Å². The molecule has 0 saturated heterocycles. The molecule has 0 aliphatic heterocycles. The van der Waals surface area contributed by atoms with E-state index >= 15 is 0 Å². The fourth-order valence-corrected chi connectivity index (χ4v) is 2.69. The molecule has 2 N–H and O–H groups in total. The fourth-order valence-electron chi connectivity index (χ4n) is 2.01. The number of unbranched alkanes of at least 4 members (excludes halogenated alkanes) is 2. The number of anilines is 1. The van der Waals surface area contributed by atoms with Crippen molar-refractivity contribution in [2.24, 2.45) is 0 Å². The van der Waals surface area contributed by atoms with Crippen LogP contribution in [-0.2, 0) is 9.53 Å². The second-order valence-corrected chi connectivity index (χ2v) is 6.07.